The zero-order valence-corrected chi connectivity index (χ0v) is 9.56. The van der Waals surface area contributed by atoms with Crippen LogP contribution in [-0.4, -0.2) is 16.1 Å². The Morgan fingerprint density at radius 1 is 1.17 bits per heavy atom. The molecule has 0 fully saturated rings. The summed E-state index contributed by atoms with van der Waals surface area (Å²) in [6, 6.07) is 9.35. The van der Waals surface area contributed by atoms with Gasteiger partial charge in [0.1, 0.15) is 5.56 Å². The maximum absolute atomic E-state index is 11.6. The third-order valence-electron chi connectivity index (χ3n) is 3.31. The topological polar surface area (TPSA) is 70.2 Å². The van der Waals surface area contributed by atoms with Crippen molar-refractivity contribution in [1.29, 1.82) is 0 Å². The minimum atomic E-state index is -1.19. The van der Waals surface area contributed by atoms with Gasteiger partial charge in [-0.2, -0.15) is 0 Å². The maximum atomic E-state index is 11.6. The molecular formula is C14H11NO3. The number of carboxylic acid groups (broad SMARTS) is 1. The van der Waals surface area contributed by atoms with Crippen molar-refractivity contribution in [1.82, 2.24) is 4.98 Å². The lowest BCUT2D eigenvalue weighted by Crippen LogP contribution is -2.21. The van der Waals surface area contributed by atoms with Gasteiger partial charge in [0.25, 0.3) is 5.56 Å². The van der Waals surface area contributed by atoms with Gasteiger partial charge in [-0.15, -0.1) is 0 Å². The fourth-order valence-corrected chi connectivity index (χ4v) is 2.43. The molecule has 0 saturated heterocycles. The number of aryl methyl sites for hydroxylation is 2. The fraction of sp³-hybridized carbons (Fsp3) is 0.143. The molecule has 0 unspecified atom stereocenters. The second-order valence-corrected chi connectivity index (χ2v) is 4.37. The molecule has 0 saturated carbocycles. The molecule has 90 valence electrons. The second kappa shape index (κ2) is 3.84. The van der Waals surface area contributed by atoms with Crippen LogP contribution in [0, 0.1) is 0 Å². The third-order valence-corrected chi connectivity index (χ3v) is 3.31. The van der Waals surface area contributed by atoms with Gasteiger partial charge in [-0.05, 0) is 30.0 Å². The average molecular weight is 241 g/mol. The first kappa shape index (κ1) is 10.8. The van der Waals surface area contributed by atoms with E-state index in [1.165, 1.54) is 11.6 Å². The van der Waals surface area contributed by atoms with Crippen LogP contribution in [0.5, 0.6) is 0 Å². The third kappa shape index (κ3) is 1.54. The normalized spacial score (nSPS) is 12.7. The van der Waals surface area contributed by atoms with Gasteiger partial charge in [-0.25, -0.2) is 4.79 Å². The molecule has 0 spiro atoms. The Kier molecular flexibility index (Phi) is 2.30. The first-order valence-electron chi connectivity index (χ1n) is 5.74. The molecule has 1 aromatic carbocycles. The van der Waals surface area contributed by atoms with Gasteiger partial charge < -0.3 is 10.1 Å². The Hall–Kier alpha value is -2.36. The Bertz CT molecular complexity index is 700. The lowest BCUT2D eigenvalue weighted by atomic mass is 9.88. The number of aromatic carboxylic acids is 1. The number of carboxylic acids is 1. The lowest BCUT2D eigenvalue weighted by molar-refractivity contribution is 0.0695. The van der Waals surface area contributed by atoms with Crippen LogP contribution < -0.4 is 5.56 Å². The number of pyridine rings is 1. The predicted octanol–water partition coefficient (Wildman–Crippen LogP) is 1.84. The van der Waals surface area contributed by atoms with E-state index in [1.54, 1.807) is 0 Å². The van der Waals surface area contributed by atoms with Crippen LogP contribution in [0.3, 0.4) is 0 Å². The van der Waals surface area contributed by atoms with Crippen molar-refractivity contribution in [3.05, 3.63) is 57.5 Å². The molecule has 1 aliphatic rings. The van der Waals surface area contributed by atoms with Gasteiger partial charge in [0.2, 0.25) is 0 Å². The highest BCUT2D eigenvalue weighted by Gasteiger charge is 2.19. The summed E-state index contributed by atoms with van der Waals surface area (Å²) in [5.41, 5.74) is 3.12. The quantitative estimate of drug-likeness (QED) is 0.800. The number of hydrogen-bond acceptors (Lipinski definition) is 2. The Labute approximate surface area is 103 Å². The summed E-state index contributed by atoms with van der Waals surface area (Å²) in [4.78, 5) is 25.3. The monoisotopic (exact) mass is 241 g/mol. The molecule has 0 radical (unpaired) electrons. The Morgan fingerprint density at radius 2 is 1.94 bits per heavy atom. The molecule has 2 N–H and O–H groups in total. The van der Waals surface area contributed by atoms with Crippen LogP contribution >= 0.6 is 0 Å². The van der Waals surface area contributed by atoms with Gasteiger partial charge >= 0.3 is 5.97 Å². The van der Waals surface area contributed by atoms with Crippen molar-refractivity contribution >= 4 is 5.97 Å². The van der Waals surface area contributed by atoms with Crippen LogP contribution in [0.15, 0.2) is 35.1 Å². The molecule has 4 nitrogen and oxygen atoms in total. The van der Waals surface area contributed by atoms with Crippen molar-refractivity contribution in [2.45, 2.75) is 12.8 Å². The van der Waals surface area contributed by atoms with Gasteiger partial charge in [0.05, 0.1) is 0 Å². The van der Waals surface area contributed by atoms with Gasteiger partial charge in [0, 0.05) is 11.3 Å². The lowest BCUT2D eigenvalue weighted by Gasteiger charge is -2.19. The molecule has 3 rings (SSSR count). The van der Waals surface area contributed by atoms with Gasteiger partial charge in [0.15, 0.2) is 0 Å². The van der Waals surface area contributed by atoms with Crippen LogP contribution in [0.25, 0.3) is 11.1 Å². The Morgan fingerprint density at radius 3 is 2.72 bits per heavy atom. The number of hydrogen-bond donors (Lipinski definition) is 2. The molecule has 0 atom stereocenters. The minimum Gasteiger partial charge on any atom is -0.477 e. The minimum absolute atomic E-state index is 0.203. The highest BCUT2D eigenvalue weighted by molar-refractivity contribution is 5.89. The molecule has 2 aromatic rings. The molecule has 0 bridgehead atoms. The summed E-state index contributed by atoms with van der Waals surface area (Å²) in [6.45, 7) is 0. The van der Waals surface area contributed by atoms with Crippen LogP contribution in [0.2, 0.25) is 0 Å². The summed E-state index contributed by atoms with van der Waals surface area (Å²) in [5.74, 6) is -1.19. The molecule has 18 heavy (non-hydrogen) atoms. The summed E-state index contributed by atoms with van der Waals surface area (Å²) in [5, 5.41) is 9.00. The van der Waals surface area contributed by atoms with Crippen LogP contribution in [-0.2, 0) is 12.8 Å². The van der Waals surface area contributed by atoms with Crippen LogP contribution in [0.4, 0.5) is 0 Å². The largest absolute Gasteiger partial charge is 0.477 e. The number of nitrogens with one attached hydrogen (secondary N) is 1. The van der Waals surface area contributed by atoms with E-state index in [0.717, 1.165) is 29.7 Å². The van der Waals surface area contributed by atoms with Crippen molar-refractivity contribution < 1.29 is 9.90 Å². The van der Waals surface area contributed by atoms with E-state index in [0.29, 0.717) is 0 Å². The molecule has 4 heteroatoms. The number of rotatable bonds is 1. The maximum Gasteiger partial charge on any atom is 0.341 e. The molecular weight excluding hydrogens is 230 g/mol. The Balaban J connectivity index is 2.30. The average Bonchev–Trinajstić information content (AvgIpc) is 2.37. The van der Waals surface area contributed by atoms with E-state index in [-0.39, 0.29) is 5.56 Å². The number of H-pyrrole nitrogens is 1. The zero-order valence-electron chi connectivity index (χ0n) is 9.56. The molecule has 1 aliphatic carbocycles. The molecule has 1 heterocycles. The summed E-state index contributed by atoms with van der Waals surface area (Å²) in [7, 11) is 0. The summed E-state index contributed by atoms with van der Waals surface area (Å²) >= 11 is 0. The standard InChI is InChI=1S/C14H11NO3/c16-13-11(14(17)18)7-10-9-4-2-1-3-8(9)5-6-12(10)15-13/h1-4,7H,5-6H2,(H,15,16)(H,17,18). The van der Waals surface area contributed by atoms with Crippen molar-refractivity contribution in [3.63, 3.8) is 0 Å². The van der Waals surface area contributed by atoms with E-state index in [2.05, 4.69) is 4.98 Å². The molecule has 0 amide bonds. The SMILES string of the molecule is O=C(O)c1cc2c([nH]c1=O)CCc1ccccc1-2. The van der Waals surface area contributed by atoms with E-state index in [1.807, 2.05) is 24.3 Å². The zero-order chi connectivity index (χ0) is 12.7. The van der Waals surface area contributed by atoms with Gasteiger partial charge in [-0.3, -0.25) is 4.79 Å². The number of aromatic amines is 1. The highest BCUT2D eigenvalue weighted by Crippen LogP contribution is 2.31. The van der Waals surface area contributed by atoms with E-state index >= 15 is 0 Å². The van der Waals surface area contributed by atoms with Crippen LogP contribution in [0.1, 0.15) is 21.6 Å². The highest BCUT2D eigenvalue weighted by atomic mass is 16.4. The number of fused-ring (bicyclic) bond motifs is 3. The number of aromatic nitrogens is 1. The van der Waals surface area contributed by atoms with Gasteiger partial charge in [-0.1, -0.05) is 24.3 Å². The number of benzene rings is 1. The summed E-state index contributed by atoms with van der Waals surface area (Å²) < 4.78 is 0. The predicted molar refractivity (Wildman–Crippen MR) is 66.9 cm³/mol. The summed E-state index contributed by atoms with van der Waals surface area (Å²) in [6.07, 6.45) is 1.60. The fourth-order valence-electron chi connectivity index (χ4n) is 2.43. The smallest absolute Gasteiger partial charge is 0.341 e. The van der Waals surface area contributed by atoms with Crippen molar-refractivity contribution in [2.75, 3.05) is 0 Å². The number of carbonyl (C=O) groups is 1. The first-order chi connectivity index (χ1) is 8.66. The molecule has 0 aliphatic heterocycles. The van der Waals surface area contributed by atoms with E-state index in [9.17, 15) is 9.59 Å². The van der Waals surface area contributed by atoms with Crippen molar-refractivity contribution in [3.8, 4) is 11.1 Å². The van der Waals surface area contributed by atoms with E-state index < -0.39 is 11.5 Å². The van der Waals surface area contributed by atoms with E-state index in [4.69, 9.17) is 5.11 Å². The second-order valence-electron chi connectivity index (χ2n) is 4.37. The van der Waals surface area contributed by atoms with Crippen molar-refractivity contribution in [2.24, 2.45) is 0 Å². The molecule has 1 aromatic heterocycles. The first-order valence-corrected chi connectivity index (χ1v) is 5.74.